The van der Waals surface area contributed by atoms with Gasteiger partial charge in [0.25, 0.3) is 0 Å². The zero-order valence-corrected chi connectivity index (χ0v) is 9.69. The van der Waals surface area contributed by atoms with Crippen molar-refractivity contribution in [3.63, 3.8) is 0 Å². The molecule has 0 aliphatic carbocycles. The summed E-state index contributed by atoms with van der Waals surface area (Å²) in [6, 6.07) is 5.26. The molecule has 0 heterocycles. The molecule has 5 heteroatoms. The van der Waals surface area contributed by atoms with Gasteiger partial charge in [-0.3, -0.25) is 10.1 Å². The Morgan fingerprint density at radius 1 is 1.50 bits per heavy atom. The summed E-state index contributed by atoms with van der Waals surface area (Å²) in [5.74, 6) is 0.299. The van der Waals surface area contributed by atoms with Gasteiger partial charge in [0.2, 0.25) is 0 Å². The highest BCUT2D eigenvalue weighted by atomic mass is 16.6. The fourth-order valence-electron chi connectivity index (χ4n) is 1.30. The quantitative estimate of drug-likeness (QED) is 0.614. The van der Waals surface area contributed by atoms with E-state index < -0.39 is 4.92 Å². The molecule has 1 aromatic carbocycles. The number of nitro groups is 1. The van der Waals surface area contributed by atoms with Gasteiger partial charge in [-0.1, -0.05) is 19.9 Å². The molecule has 0 bridgehead atoms. The highest BCUT2D eigenvalue weighted by Gasteiger charge is 2.14. The maximum Gasteiger partial charge on any atom is 0.310 e. The van der Waals surface area contributed by atoms with E-state index in [4.69, 9.17) is 4.74 Å². The molecule has 0 atom stereocenters. The van der Waals surface area contributed by atoms with Crippen molar-refractivity contribution in [1.29, 1.82) is 0 Å². The van der Waals surface area contributed by atoms with Crippen molar-refractivity contribution < 1.29 is 9.66 Å². The predicted octanol–water partition coefficient (Wildman–Crippen LogP) is 2.10. The van der Waals surface area contributed by atoms with Crippen molar-refractivity contribution in [2.24, 2.45) is 0 Å². The third-order valence-electron chi connectivity index (χ3n) is 2.16. The summed E-state index contributed by atoms with van der Waals surface area (Å²) in [7, 11) is 1.43. The van der Waals surface area contributed by atoms with E-state index in [9.17, 15) is 10.1 Å². The van der Waals surface area contributed by atoms with Crippen LogP contribution in [-0.2, 0) is 6.54 Å². The van der Waals surface area contributed by atoms with Gasteiger partial charge < -0.3 is 10.1 Å². The summed E-state index contributed by atoms with van der Waals surface area (Å²) in [6.45, 7) is 4.76. The van der Waals surface area contributed by atoms with Gasteiger partial charge in [0, 0.05) is 18.7 Å². The predicted molar refractivity (Wildman–Crippen MR) is 61.6 cm³/mol. The summed E-state index contributed by atoms with van der Waals surface area (Å²) in [6.07, 6.45) is 0. The first-order valence-corrected chi connectivity index (χ1v) is 5.09. The summed E-state index contributed by atoms with van der Waals surface area (Å²) in [5.41, 5.74) is 0.965. The normalized spacial score (nSPS) is 10.5. The van der Waals surface area contributed by atoms with Crippen molar-refractivity contribution in [2.75, 3.05) is 7.11 Å². The molecule has 5 nitrogen and oxygen atoms in total. The van der Waals surface area contributed by atoms with Gasteiger partial charge in [-0.25, -0.2) is 0 Å². The van der Waals surface area contributed by atoms with Gasteiger partial charge in [0.05, 0.1) is 12.0 Å². The molecule has 16 heavy (non-hydrogen) atoms. The van der Waals surface area contributed by atoms with Gasteiger partial charge in [0.1, 0.15) is 0 Å². The van der Waals surface area contributed by atoms with E-state index in [0.717, 1.165) is 5.56 Å². The fraction of sp³-hybridized carbons (Fsp3) is 0.455. The minimum absolute atomic E-state index is 0.00389. The second-order valence-corrected chi connectivity index (χ2v) is 3.80. The zero-order chi connectivity index (χ0) is 12.1. The van der Waals surface area contributed by atoms with Crippen LogP contribution in [0.4, 0.5) is 5.69 Å². The number of hydrogen-bond acceptors (Lipinski definition) is 4. The number of ether oxygens (including phenoxy) is 1. The molecular formula is C11H16N2O3. The highest BCUT2D eigenvalue weighted by Crippen LogP contribution is 2.27. The number of benzene rings is 1. The minimum Gasteiger partial charge on any atom is -0.490 e. The third-order valence-corrected chi connectivity index (χ3v) is 2.16. The van der Waals surface area contributed by atoms with Crippen LogP contribution in [0.3, 0.4) is 0 Å². The van der Waals surface area contributed by atoms with Gasteiger partial charge >= 0.3 is 5.69 Å². The Morgan fingerprint density at radius 2 is 2.19 bits per heavy atom. The Hall–Kier alpha value is -1.62. The molecule has 0 unspecified atom stereocenters. The fourth-order valence-corrected chi connectivity index (χ4v) is 1.30. The average molecular weight is 224 g/mol. The van der Waals surface area contributed by atoms with Gasteiger partial charge in [-0.05, 0) is 11.6 Å². The van der Waals surface area contributed by atoms with Crippen LogP contribution in [0.1, 0.15) is 19.4 Å². The Balaban J connectivity index is 2.86. The summed E-state index contributed by atoms with van der Waals surface area (Å²) < 4.78 is 4.98. The van der Waals surface area contributed by atoms with Crippen LogP contribution in [-0.4, -0.2) is 18.1 Å². The summed E-state index contributed by atoms with van der Waals surface area (Å²) >= 11 is 0. The SMILES string of the molecule is COc1cc(CNC(C)C)ccc1[N+](=O)[O-]. The van der Waals surface area contributed by atoms with E-state index >= 15 is 0 Å². The average Bonchev–Trinajstić information content (AvgIpc) is 2.25. The standard InChI is InChI=1S/C11H16N2O3/c1-8(2)12-7-9-4-5-10(13(14)15)11(6-9)16-3/h4-6,8,12H,7H2,1-3H3. The van der Waals surface area contributed by atoms with Crippen LogP contribution in [0.5, 0.6) is 5.75 Å². The van der Waals surface area contributed by atoms with Crippen LogP contribution >= 0.6 is 0 Å². The highest BCUT2D eigenvalue weighted by molar-refractivity contribution is 5.48. The van der Waals surface area contributed by atoms with Gasteiger partial charge in [-0.15, -0.1) is 0 Å². The lowest BCUT2D eigenvalue weighted by atomic mass is 10.2. The lowest BCUT2D eigenvalue weighted by molar-refractivity contribution is -0.385. The number of rotatable bonds is 5. The van der Waals surface area contributed by atoms with Crippen molar-refractivity contribution in [3.8, 4) is 5.75 Å². The molecule has 0 aliphatic heterocycles. The number of nitro benzene ring substituents is 1. The Kier molecular flexibility index (Phi) is 4.25. The molecule has 0 saturated carbocycles. The van der Waals surface area contributed by atoms with Crippen molar-refractivity contribution in [3.05, 3.63) is 33.9 Å². The second-order valence-electron chi connectivity index (χ2n) is 3.80. The molecule has 88 valence electrons. The molecule has 0 spiro atoms. The van der Waals surface area contributed by atoms with Crippen molar-refractivity contribution in [2.45, 2.75) is 26.4 Å². The Bertz CT molecular complexity index is 377. The number of nitrogens with zero attached hydrogens (tertiary/aromatic N) is 1. The number of methoxy groups -OCH3 is 1. The largest absolute Gasteiger partial charge is 0.490 e. The van der Waals surface area contributed by atoms with E-state index in [-0.39, 0.29) is 5.69 Å². The van der Waals surface area contributed by atoms with Crippen LogP contribution < -0.4 is 10.1 Å². The van der Waals surface area contributed by atoms with E-state index in [0.29, 0.717) is 18.3 Å². The van der Waals surface area contributed by atoms with Gasteiger partial charge in [0.15, 0.2) is 5.75 Å². The number of nitrogens with one attached hydrogen (secondary N) is 1. The summed E-state index contributed by atoms with van der Waals surface area (Å²) in [4.78, 5) is 10.2. The molecule has 0 fully saturated rings. The van der Waals surface area contributed by atoms with Crippen LogP contribution in [0.15, 0.2) is 18.2 Å². The first-order chi connectivity index (χ1) is 7.54. The first kappa shape index (κ1) is 12.4. The molecule has 0 aromatic heterocycles. The van der Waals surface area contributed by atoms with E-state index in [1.807, 2.05) is 13.8 Å². The molecule has 1 rings (SSSR count). The maximum atomic E-state index is 10.7. The minimum atomic E-state index is -0.446. The van der Waals surface area contributed by atoms with E-state index in [1.54, 1.807) is 12.1 Å². The Morgan fingerprint density at radius 3 is 2.69 bits per heavy atom. The third kappa shape index (κ3) is 3.20. The van der Waals surface area contributed by atoms with Crippen molar-refractivity contribution in [1.82, 2.24) is 5.32 Å². The lowest BCUT2D eigenvalue weighted by Crippen LogP contribution is -2.21. The number of hydrogen-bond donors (Lipinski definition) is 1. The topological polar surface area (TPSA) is 64.4 Å². The molecule has 0 aliphatic rings. The zero-order valence-electron chi connectivity index (χ0n) is 9.69. The van der Waals surface area contributed by atoms with Crippen molar-refractivity contribution >= 4 is 5.69 Å². The molecule has 1 N–H and O–H groups in total. The summed E-state index contributed by atoms with van der Waals surface area (Å²) in [5, 5.41) is 13.9. The smallest absolute Gasteiger partial charge is 0.310 e. The second kappa shape index (κ2) is 5.46. The van der Waals surface area contributed by atoms with Crippen LogP contribution in [0.25, 0.3) is 0 Å². The van der Waals surface area contributed by atoms with Crippen LogP contribution in [0, 0.1) is 10.1 Å². The molecule has 0 saturated heterocycles. The molecule has 0 radical (unpaired) electrons. The Labute approximate surface area is 94.6 Å². The maximum absolute atomic E-state index is 10.7. The monoisotopic (exact) mass is 224 g/mol. The molecular weight excluding hydrogens is 208 g/mol. The molecule has 0 amide bonds. The van der Waals surface area contributed by atoms with Crippen LogP contribution in [0.2, 0.25) is 0 Å². The lowest BCUT2D eigenvalue weighted by Gasteiger charge is -2.09. The molecule has 1 aromatic rings. The van der Waals surface area contributed by atoms with E-state index in [2.05, 4.69) is 5.32 Å². The first-order valence-electron chi connectivity index (χ1n) is 5.09. The van der Waals surface area contributed by atoms with Gasteiger partial charge in [-0.2, -0.15) is 0 Å². The van der Waals surface area contributed by atoms with E-state index in [1.165, 1.54) is 13.2 Å².